The van der Waals surface area contributed by atoms with Gasteiger partial charge in [-0.2, -0.15) is 5.26 Å². The standard InChI is InChI=1S/C18H28N2/c1-6-20(12-8-11-18(3,4)5)15(2)17-10-7-9-16(13-17)14-19/h7,9-10,13,15H,6,8,11-12H2,1-5H3. The van der Waals surface area contributed by atoms with Crippen molar-refractivity contribution in [2.75, 3.05) is 13.1 Å². The second-order valence-electron chi connectivity index (χ2n) is 6.71. The molecule has 1 atom stereocenters. The average molecular weight is 272 g/mol. The molecule has 1 aromatic carbocycles. The van der Waals surface area contributed by atoms with Gasteiger partial charge in [-0.3, -0.25) is 4.90 Å². The number of benzene rings is 1. The van der Waals surface area contributed by atoms with Crippen molar-refractivity contribution in [3.05, 3.63) is 35.4 Å². The summed E-state index contributed by atoms with van der Waals surface area (Å²) in [5.74, 6) is 0. The summed E-state index contributed by atoms with van der Waals surface area (Å²) >= 11 is 0. The molecule has 1 aromatic rings. The highest BCUT2D eigenvalue weighted by Gasteiger charge is 2.16. The summed E-state index contributed by atoms with van der Waals surface area (Å²) in [7, 11) is 0. The van der Waals surface area contributed by atoms with E-state index in [0.717, 1.165) is 18.7 Å². The van der Waals surface area contributed by atoms with E-state index in [4.69, 9.17) is 5.26 Å². The maximum atomic E-state index is 9.01. The van der Waals surface area contributed by atoms with Crippen molar-refractivity contribution in [3.63, 3.8) is 0 Å². The fourth-order valence-electron chi connectivity index (χ4n) is 2.52. The van der Waals surface area contributed by atoms with E-state index in [1.165, 1.54) is 18.4 Å². The molecule has 1 unspecified atom stereocenters. The first-order valence-corrected chi connectivity index (χ1v) is 7.61. The van der Waals surface area contributed by atoms with Crippen molar-refractivity contribution < 1.29 is 0 Å². The Morgan fingerprint density at radius 2 is 2.00 bits per heavy atom. The molecule has 2 nitrogen and oxygen atoms in total. The normalized spacial score (nSPS) is 13.2. The highest BCUT2D eigenvalue weighted by molar-refractivity contribution is 5.34. The minimum Gasteiger partial charge on any atom is -0.297 e. The highest BCUT2D eigenvalue weighted by atomic mass is 15.1. The lowest BCUT2D eigenvalue weighted by atomic mass is 9.90. The molecule has 2 heteroatoms. The van der Waals surface area contributed by atoms with E-state index in [9.17, 15) is 0 Å². The third kappa shape index (κ3) is 5.35. The Kier molecular flexibility index (Phi) is 6.23. The van der Waals surface area contributed by atoms with E-state index in [1.807, 2.05) is 18.2 Å². The van der Waals surface area contributed by atoms with Gasteiger partial charge in [0.05, 0.1) is 11.6 Å². The van der Waals surface area contributed by atoms with E-state index in [1.54, 1.807) is 0 Å². The molecule has 0 bridgehead atoms. The summed E-state index contributed by atoms with van der Waals surface area (Å²) in [6.45, 7) is 13.5. The number of nitriles is 1. The van der Waals surface area contributed by atoms with Gasteiger partial charge >= 0.3 is 0 Å². The van der Waals surface area contributed by atoms with Gasteiger partial charge in [-0.05, 0) is 56.0 Å². The maximum absolute atomic E-state index is 9.01. The molecule has 110 valence electrons. The van der Waals surface area contributed by atoms with Crippen molar-refractivity contribution in [1.82, 2.24) is 4.90 Å². The summed E-state index contributed by atoms with van der Waals surface area (Å²) in [5, 5.41) is 9.01. The molecule has 0 saturated heterocycles. The van der Waals surface area contributed by atoms with Gasteiger partial charge < -0.3 is 0 Å². The number of hydrogen-bond donors (Lipinski definition) is 0. The second kappa shape index (κ2) is 7.45. The minimum atomic E-state index is 0.369. The fraction of sp³-hybridized carbons (Fsp3) is 0.611. The molecule has 0 spiro atoms. The predicted octanol–water partition coefficient (Wildman–Crippen LogP) is 4.77. The fourth-order valence-corrected chi connectivity index (χ4v) is 2.52. The Morgan fingerprint density at radius 3 is 2.55 bits per heavy atom. The van der Waals surface area contributed by atoms with Crippen LogP contribution in [0.15, 0.2) is 24.3 Å². The van der Waals surface area contributed by atoms with Gasteiger partial charge in [-0.15, -0.1) is 0 Å². The Balaban J connectivity index is 2.66. The van der Waals surface area contributed by atoms with E-state index in [-0.39, 0.29) is 0 Å². The van der Waals surface area contributed by atoms with Gasteiger partial charge in [-0.25, -0.2) is 0 Å². The SMILES string of the molecule is CCN(CCCC(C)(C)C)C(C)c1cccc(C#N)c1. The molecule has 0 radical (unpaired) electrons. The lowest BCUT2D eigenvalue weighted by molar-refractivity contribution is 0.205. The molecule has 1 rings (SSSR count). The van der Waals surface area contributed by atoms with Crippen LogP contribution in [0.25, 0.3) is 0 Å². The van der Waals surface area contributed by atoms with E-state index in [2.05, 4.69) is 51.7 Å². The summed E-state index contributed by atoms with van der Waals surface area (Å²) in [4.78, 5) is 2.49. The summed E-state index contributed by atoms with van der Waals surface area (Å²) in [6, 6.07) is 10.6. The van der Waals surface area contributed by atoms with E-state index >= 15 is 0 Å². The average Bonchev–Trinajstić information content (AvgIpc) is 2.42. The molecule has 20 heavy (non-hydrogen) atoms. The predicted molar refractivity (Wildman–Crippen MR) is 85.5 cm³/mol. The van der Waals surface area contributed by atoms with Crippen LogP contribution in [0.2, 0.25) is 0 Å². The molecule has 0 aliphatic rings. The third-order valence-electron chi connectivity index (χ3n) is 3.82. The van der Waals surface area contributed by atoms with Crippen molar-refractivity contribution in [2.24, 2.45) is 5.41 Å². The Labute approximate surface area is 124 Å². The molecule has 0 aromatic heterocycles. The van der Waals surface area contributed by atoms with Gasteiger partial charge in [-0.1, -0.05) is 39.8 Å². The van der Waals surface area contributed by atoms with Gasteiger partial charge in [0.1, 0.15) is 0 Å². The Hall–Kier alpha value is -1.33. The molecule has 0 aliphatic carbocycles. The largest absolute Gasteiger partial charge is 0.297 e. The van der Waals surface area contributed by atoms with Crippen molar-refractivity contribution >= 4 is 0 Å². The molecule has 0 fully saturated rings. The van der Waals surface area contributed by atoms with Crippen LogP contribution in [0.4, 0.5) is 0 Å². The lowest BCUT2D eigenvalue weighted by Crippen LogP contribution is -2.28. The van der Waals surface area contributed by atoms with Crippen molar-refractivity contribution in [3.8, 4) is 6.07 Å². The first-order valence-electron chi connectivity index (χ1n) is 7.61. The van der Waals surface area contributed by atoms with E-state index < -0.39 is 0 Å². The van der Waals surface area contributed by atoms with Gasteiger partial charge in [0.2, 0.25) is 0 Å². The zero-order chi connectivity index (χ0) is 15.2. The number of nitrogens with zero attached hydrogens (tertiary/aromatic N) is 2. The monoisotopic (exact) mass is 272 g/mol. The van der Waals surface area contributed by atoms with Crippen LogP contribution in [0, 0.1) is 16.7 Å². The van der Waals surface area contributed by atoms with Crippen LogP contribution >= 0.6 is 0 Å². The first kappa shape index (κ1) is 16.7. The molecule has 0 heterocycles. The molecular formula is C18H28N2. The summed E-state index contributed by atoms with van der Waals surface area (Å²) < 4.78 is 0. The zero-order valence-electron chi connectivity index (χ0n) is 13.6. The third-order valence-corrected chi connectivity index (χ3v) is 3.82. The van der Waals surface area contributed by atoms with Gasteiger partial charge in [0.15, 0.2) is 0 Å². The Bertz CT molecular complexity index is 451. The lowest BCUT2D eigenvalue weighted by Gasteiger charge is -2.29. The summed E-state index contributed by atoms with van der Waals surface area (Å²) in [5.41, 5.74) is 2.39. The maximum Gasteiger partial charge on any atom is 0.0991 e. The second-order valence-corrected chi connectivity index (χ2v) is 6.71. The molecule has 0 N–H and O–H groups in total. The van der Waals surface area contributed by atoms with Crippen LogP contribution in [0.5, 0.6) is 0 Å². The number of rotatable bonds is 6. The van der Waals surface area contributed by atoms with E-state index in [0.29, 0.717) is 11.5 Å². The van der Waals surface area contributed by atoms with Gasteiger partial charge in [0, 0.05) is 6.04 Å². The van der Waals surface area contributed by atoms with Crippen LogP contribution in [-0.4, -0.2) is 18.0 Å². The van der Waals surface area contributed by atoms with Gasteiger partial charge in [0.25, 0.3) is 0 Å². The smallest absolute Gasteiger partial charge is 0.0991 e. The first-order chi connectivity index (χ1) is 9.37. The van der Waals surface area contributed by atoms with Crippen molar-refractivity contribution in [1.29, 1.82) is 5.26 Å². The van der Waals surface area contributed by atoms with Crippen molar-refractivity contribution in [2.45, 2.75) is 53.5 Å². The Morgan fingerprint density at radius 1 is 1.30 bits per heavy atom. The number of hydrogen-bond acceptors (Lipinski definition) is 2. The van der Waals surface area contributed by atoms with Crippen LogP contribution in [-0.2, 0) is 0 Å². The quantitative estimate of drug-likeness (QED) is 0.746. The van der Waals surface area contributed by atoms with Crippen LogP contribution in [0.1, 0.15) is 64.6 Å². The molecule has 0 saturated carbocycles. The topological polar surface area (TPSA) is 27.0 Å². The summed E-state index contributed by atoms with van der Waals surface area (Å²) in [6.07, 6.45) is 2.47. The highest BCUT2D eigenvalue weighted by Crippen LogP contribution is 2.24. The molecule has 0 aliphatic heterocycles. The molecule has 0 amide bonds. The van der Waals surface area contributed by atoms with Crippen LogP contribution < -0.4 is 0 Å². The minimum absolute atomic E-state index is 0.369. The molecular weight excluding hydrogens is 244 g/mol. The zero-order valence-corrected chi connectivity index (χ0v) is 13.6. The van der Waals surface area contributed by atoms with Crippen LogP contribution in [0.3, 0.4) is 0 Å².